The van der Waals surface area contributed by atoms with Crippen LogP contribution in [0.15, 0.2) is 66.9 Å². The van der Waals surface area contributed by atoms with Crippen molar-refractivity contribution in [1.82, 2.24) is 14.4 Å². The minimum Gasteiger partial charge on any atom is -0.347 e. The van der Waals surface area contributed by atoms with E-state index < -0.39 is 0 Å². The summed E-state index contributed by atoms with van der Waals surface area (Å²) < 4.78 is 2.39. The van der Waals surface area contributed by atoms with Crippen molar-refractivity contribution < 1.29 is 0 Å². The van der Waals surface area contributed by atoms with E-state index in [2.05, 4.69) is 81.2 Å². The van der Waals surface area contributed by atoms with Crippen LogP contribution in [0.5, 0.6) is 0 Å². The van der Waals surface area contributed by atoms with Crippen molar-refractivity contribution in [1.29, 1.82) is 0 Å². The minimum atomic E-state index is 1.11. The summed E-state index contributed by atoms with van der Waals surface area (Å²) in [5.41, 5.74) is 2.81. The second-order valence-electron chi connectivity index (χ2n) is 7.34. The first-order valence-corrected chi connectivity index (χ1v) is 9.91. The number of piperazine rings is 1. The van der Waals surface area contributed by atoms with Gasteiger partial charge >= 0.3 is 0 Å². The lowest BCUT2D eigenvalue weighted by Crippen LogP contribution is -2.47. The number of nitrogens with zero attached hydrogens (tertiary/aromatic N) is 3. The average molecular weight is 348 g/mol. The highest BCUT2D eigenvalue weighted by molar-refractivity contribution is 5.79. The van der Waals surface area contributed by atoms with Crippen LogP contribution in [0.25, 0.3) is 10.9 Å². The van der Waals surface area contributed by atoms with E-state index >= 15 is 0 Å². The molecule has 0 radical (unpaired) electrons. The van der Waals surface area contributed by atoms with E-state index in [0.29, 0.717) is 0 Å². The molecule has 4 rings (SSSR count). The Morgan fingerprint density at radius 2 is 1.35 bits per heavy atom. The second-order valence-corrected chi connectivity index (χ2v) is 7.34. The number of para-hydroxylation sites is 1. The van der Waals surface area contributed by atoms with E-state index in [1.165, 1.54) is 68.6 Å². The summed E-state index contributed by atoms with van der Waals surface area (Å²) in [5, 5.41) is 1.35. The Morgan fingerprint density at radius 1 is 0.654 bits per heavy atom. The van der Waals surface area contributed by atoms with Gasteiger partial charge in [0.25, 0.3) is 0 Å². The smallest absolute Gasteiger partial charge is 0.0480 e. The summed E-state index contributed by atoms with van der Waals surface area (Å²) in [5.74, 6) is 0. The van der Waals surface area contributed by atoms with E-state index in [-0.39, 0.29) is 0 Å². The molecule has 2 heterocycles. The van der Waals surface area contributed by atoms with Crippen LogP contribution in [0.3, 0.4) is 0 Å². The second kappa shape index (κ2) is 8.52. The number of fused-ring (bicyclic) bond motifs is 1. The lowest BCUT2D eigenvalue weighted by atomic mass is 10.1. The highest BCUT2D eigenvalue weighted by atomic mass is 15.3. The fourth-order valence-electron chi connectivity index (χ4n) is 3.97. The standard InChI is InChI=1S/C23H29N3/c1-2-7-21(8-3-1)11-15-25-19-17-24(18-20-25)13-6-14-26-16-12-22-9-4-5-10-23(22)26/h1-5,7-10,12,16H,6,11,13-15,17-20H2. The normalized spacial score (nSPS) is 16.3. The maximum Gasteiger partial charge on any atom is 0.0480 e. The zero-order valence-corrected chi connectivity index (χ0v) is 15.6. The van der Waals surface area contributed by atoms with Gasteiger partial charge in [0.1, 0.15) is 0 Å². The van der Waals surface area contributed by atoms with Gasteiger partial charge in [-0.3, -0.25) is 0 Å². The molecule has 0 spiro atoms. The molecule has 1 fully saturated rings. The van der Waals surface area contributed by atoms with Gasteiger partial charge in [0.2, 0.25) is 0 Å². The van der Waals surface area contributed by atoms with E-state index in [9.17, 15) is 0 Å². The Morgan fingerprint density at radius 3 is 2.15 bits per heavy atom. The average Bonchev–Trinajstić information content (AvgIpc) is 3.11. The third kappa shape index (κ3) is 4.35. The van der Waals surface area contributed by atoms with Crippen molar-refractivity contribution in [3.05, 3.63) is 72.4 Å². The van der Waals surface area contributed by atoms with Gasteiger partial charge in [-0.05, 0) is 42.5 Å². The van der Waals surface area contributed by atoms with Crippen LogP contribution in [0, 0.1) is 0 Å². The van der Waals surface area contributed by atoms with Crippen molar-refractivity contribution >= 4 is 10.9 Å². The molecule has 1 saturated heterocycles. The fourth-order valence-corrected chi connectivity index (χ4v) is 3.97. The number of benzene rings is 2. The predicted molar refractivity (Wildman–Crippen MR) is 110 cm³/mol. The molecule has 2 aromatic carbocycles. The van der Waals surface area contributed by atoms with Gasteiger partial charge in [0.15, 0.2) is 0 Å². The van der Waals surface area contributed by atoms with Gasteiger partial charge in [-0.1, -0.05) is 48.5 Å². The number of hydrogen-bond acceptors (Lipinski definition) is 2. The molecule has 3 heteroatoms. The van der Waals surface area contributed by atoms with Crippen LogP contribution < -0.4 is 0 Å². The van der Waals surface area contributed by atoms with Gasteiger partial charge in [0, 0.05) is 51.0 Å². The van der Waals surface area contributed by atoms with Gasteiger partial charge < -0.3 is 14.4 Å². The quantitative estimate of drug-likeness (QED) is 0.642. The summed E-state index contributed by atoms with van der Waals surface area (Å²) in [6.07, 6.45) is 4.62. The molecule has 26 heavy (non-hydrogen) atoms. The number of aromatic nitrogens is 1. The van der Waals surface area contributed by atoms with Gasteiger partial charge in [0.05, 0.1) is 0 Å². The van der Waals surface area contributed by atoms with Gasteiger partial charge in [-0.25, -0.2) is 0 Å². The molecule has 1 aliphatic rings. The number of aryl methyl sites for hydroxylation is 1. The Bertz CT molecular complexity index is 800. The molecule has 136 valence electrons. The molecule has 0 unspecified atom stereocenters. The third-order valence-electron chi connectivity index (χ3n) is 5.58. The van der Waals surface area contributed by atoms with E-state index in [1.807, 2.05) is 0 Å². The first-order chi connectivity index (χ1) is 12.9. The Balaban J connectivity index is 1.17. The van der Waals surface area contributed by atoms with Gasteiger partial charge in [-0.2, -0.15) is 0 Å². The first-order valence-electron chi connectivity index (χ1n) is 9.91. The molecule has 0 aliphatic carbocycles. The summed E-state index contributed by atoms with van der Waals surface area (Å²) >= 11 is 0. The van der Waals surface area contributed by atoms with Crippen molar-refractivity contribution in [2.75, 3.05) is 39.3 Å². The van der Waals surface area contributed by atoms with Crippen LogP contribution in [-0.2, 0) is 13.0 Å². The highest BCUT2D eigenvalue weighted by Crippen LogP contribution is 2.15. The van der Waals surface area contributed by atoms with Gasteiger partial charge in [-0.15, -0.1) is 0 Å². The molecule has 0 amide bonds. The third-order valence-corrected chi connectivity index (χ3v) is 5.58. The Hall–Kier alpha value is -2.10. The minimum absolute atomic E-state index is 1.11. The molecule has 3 nitrogen and oxygen atoms in total. The first kappa shape index (κ1) is 17.3. The molecule has 0 atom stereocenters. The zero-order chi connectivity index (χ0) is 17.6. The summed E-state index contributed by atoms with van der Waals surface area (Å²) in [6, 6.07) is 21.7. The van der Waals surface area contributed by atoms with E-state index in [1.54, 1.807) is 0 Å². The Kier molecular flexibility index (Phi) is 5.68. The molecular weight excluding hydrogens is 318 g/mol. The zero-order valence-electron chi connectivity index (χ0n) is 15.6. The maximum atomic E-state index is 2.63. The van der Waals surface area contributed by atoms with Crippen molar-refractivity contribution in [2.24, 2.45) is 0 Å². The molecule has 0 bridgehead atoms. The summed E-state index contributed by atoms with van der Waals surface area (Å²) in [4.78, 5) is 5.24. The molecule has 0 saturated carbocycles. The lowest BCUT2D eigenvalue weighted by molar-refractivity contribution is 0.131. The molecule has 1 aromatic heterocycles. The predicted octanol–water partition coefficient (Wildman–Crippen LogP) is 3.89. The monoisotopic (exact) mass is 347 g/mol. The molecule has 1 aliphatic heterocycles. The molecule has 3 aromatic rings. The molecule has 0 N–H and O–H groups in total. The summed E-state index contributed by atoms with van der Waals surface area (Å²) in [7, 11) is 0. The van der Waals surface area contributed by atoms with Crippen LogP contribution in [-0.4, -0.2) is 53.6 Å². The highest BCUT2D eigenvalue weighted by Gasteiger charge is 2.16. The lowest BCUT2D eigenvalue weighted by Gasteiger charge is -2.34. The van der Waals surface area contributed by atoms with Crippen LogP contribution >= 0.6 is 0 Å². The fraction of sp³-hybridized carbons (Fsp3) is 0.391. The molecular formula is C23H29N3. The van der Waals surface area contributed by atoms with E-state index in [0.717, 1.165) is 6.54 Å². The summed E-state index contributed by atoms with van der Waals surface area (Å²) in [6.45, 7) is 8.34. The van der Waals surface area contributed by atoms with Crippen LogP contribution in [0.2, 0.25) is 0 Å². The maximum absolute atomic E-state index is 2.63. The van der Waals surface area contributed by atoms with Crippen molar-refractivity contribution in [3.8, 4) is 0 Å². The van der Waals surface area contributed by atoms with Crippen molar-refractivity contribution in [3.63, 3.8) is 0 Å². The Labute approximate surface area is 156 Å². The van der Waals surface area contributed by atoms with E-state index in [4.69, 9.17) is 0 Å². The topological polar surface area (TPSA) is 11.4 Å². The largest absolute Gasteiger partial charge is 0.347 e. The number of rotatable bonds is 7. The van der Waals surface area contributed by atoms with Crippen LogP contribution in [0.1, 0.15) is 12.0 Å². The van der Waals surface area contributed by atoms with Crippen molar-refractivity contribution in [2.45, 2.75) is 19.4 Å². The number of hydrogen-bond donors (Lipinski definition) is 0. The van der Waals surface area contributed by atoms with Crippen LogP contribution in [0.4, 0.5) is 0 Å². The SMILES string of the molecule is c1ccc(CCN2CCN(CCCn3ccc4ccccc43)CC2)cc1.